The lowest BCUT2D eigenvalue weighted by molar-refractivity contribution is -0.125. The van der Waals surface area contributed by atoms with Gasteiger partial charge in [-0.1, -0.05) is 13.3 Å². The Morgan fingerprint density at radius 1 is 1.11 bits per heavy atom. The quantitative estimate of drug-likeness (QED) is 0.484. The van der Waals surface area contributed by atoms with Gasteiger partial charge in [-0.2, -0.15) is 0 Å². The van der Waals surface area contributed by atoms with E-state index in [1.54, 1.807) is 0 Å². The summed E-state index contributed by atoms with van der Waals surface area (Å²) in [5, 5.41) is 5.07. The van der Waals surface area contributed by atoms with Crippen molar-refractivity contribution in [3.8, 4) is 0 Å². The highest BCUT2D eigenvalue weighted by Crippen LogP contribution is 1.88. The van der Waals surface area contributed by atoms with Gasteiger partial charge in [0.05, 0.1) is 13.1 Å². The molecule has 7 heteroatoms. The highest BCUT2D eigenvalue weighted by molar-refractivity contribution is 5.85. The van der Waals surface area contributed by atoms with Gasteiger partial charge >= 0.3 is 0 Å². The smallest absolute Gasteiger partial charge is 0.239 e. The molecule has 0 bridgehead atoms. The summed E-state index contributed by atoms with van der Waals surface area (Å²) in [7, 11) is 0. The standard InChI is InChI=1S/C11H23N3O3.ClH/c1-2-3-6-17-7-4-5-13-11(16)9-14-10(15)8-12;/h2-9,12H2,1H3,(H,13,16)(H,14,15);1H. The van der Waals surface area contributed by atoms with Crippen LogP contribution in [0.5, 0.6) is 0 Å². The van der Waals surface area contributed by atoms with Crippen molar-refractivity contribution < 1.29 is 14.3 Å². The van der Waals surface area contributed by atoms with E-state index in [4.69, 9.17) is 10.5 Å². The third-order valence-corrected chi connectivity index (χ3v) is 2.06. The molecule has 0 heterocycles. The number of unbranched alkanes of at least 4 members (excludes halogenated alkanes) is 1. The second-order valence-electron chi connectivity index (χ2n) is 3.65. The molecule has 6 nitrogen and oxygen atoms in total. The van der Waals surface area contributed by atoms with Crippen LogP contribution in [0.2, 0.25) is 0 Å². The lowest BCUT2D eigenvalue weighted by Crippen LogP contribution is -2.39. The Morgan fingerprint density at radius 3 is 2.39 bits per heavy atom. The van der Waals surface area contributed by atoms with Gasteiger partial charge < -0.3 is 21.1 Å². The maximum Gasteiger partial charge on any atom is 0.239 e. The van der Waals surface area contributed by atoms with E-state index in [1.165, 1.54) is 0 Å². The molecule has 108 valence electrons. The fourth-order valence-corrected chi connectivity index (χ4v) is 1.06. The van der Waals surface area contributed by atoms with Crippen molar-refractivity contribution in [1.29, 1.82) is 0 Å². The SMILES string of the molecule is CCCCOCCCNC(=O)CNC(=O)CN.Cl. The lowest BCUT2D eigenvalue weighted by atomic mass is 10.3. The van der Waals surface area contributed by atoms with Crippen LogP contribution in [0.15, 0.2) is 0 Å². The van der Waals surface area contributed by atoms with E-state index in [9.17, 15) is 9.59 Å². The van der Waals surface area contributed by atoms with E-state index in [2.05, 4.69) is 17.6 Å². The van der Waals surface area contributed by atoms with Crippen molar-refractivity contribution in [2.24, 2.45) is 5.73 Å². The van der Waals surface area contributed by atoms with Crippen molar-refractivity contribution in [2.75, 3.05) is 32.8 Å². The number of hydrogen-bond acceptors (Lipinski definition) is 4. The van der Waals surface area contributed by atoms with E-state index in [1.807, 2.05) is 0 Å². The second kappa shape index (κ2) is 14.2. The number of halogens is 1. The molecule has 0 aromatic heterocycles. The minimum Gasteiger partial charge on any atom is -0.381 e. The fraction of sp³-hybridized carbons (Fsp3) is 0.818. The number of hydrogen-bond donors (Lipinski definition) is 3. The molecule has 0 unspecified atom stereocenters. The number of ether oxygens (including phenoxy) is 1. The van der Waals surface area contributed by atoms with Crippen molar-refractivity contribution >= 4 is 24.2 Å². The van der Waals surface area contributed by atoms with Crippen LogP contribution < -0.4 is 16.4 Å². The minimum absolute atomic E-state index is 0. The molecule has 0 aliphatic rings. The average molecular weight is 282 g/mol. The molecule has 0 rings (SSSR count). The van der Waals surface area contributed by atoms with Crippen LogP contribution in [0.1, 0.15) is 26.2 Å². The van der Waals surface area contributed by atoms with E-state index < -0.39 is 0 Å². The molecule has 0 radical (unpaired) electrons. The normalized spacial score (nSPS) is 9.44. The molecular weight excluding hydrogens is 258 g/mol. The van der Waals surface area contributed by atoms with E-state index in [0.717, 1.165) is 25.9 Å². The van der Waals surface area contributed by atoms with Gasteiger partial charge in [-0.25, -0.2) is 0 Å². The third kappa shape index (κ3) is 13.2. The van der Waals surface area contributed by atoms with Gasteiger partial charge in [0.15, 0.2) is 0 Å². The first-order valence-electron chi connectivity index (χ1n) is 6.02. The summed E-state index contributed by atoms with van der Waals surface area (Å²) in [4.78, 5) is 21.9. The first-order chi connectivity index (χ1) is 8.20. The summed E-state index contributed by atoms with van der Waals surface area (Å²) in [6.07, 6.45) is 2.97. The van der Waals surface area contributed by atoms with E-state index in [0.29, 0.717) is 13.2 Å². The molecule has 0 aliphatic carbocycles. The number of nitrogens with two attached hydrogens (primary N) is 1. The number of rotatable bonds is 10. The van der Waals surface area contributed by atoms with Crippen LogP contribution in [0, 0.1) is 0 Å². The van der Waals surface area contributed by atoms with Crippen LogP contribution in [-0.4, -0.2) is 44.7 Å². The maximum absolute atomic E-state index is 11.2. The molecule has 0 aliphatic heterocycles. The zero-order valence-electron chi connectivity index (χ0n) is 10.9. The average Bonchev–Trinajstić information content (AvgIpc) is 2.34. The van der Waals surface area contributed by atoms with Crippen molar-refractivity contribution in [3.05, 3.63) is 0 Å². The Kier molecular flexibility index (Phi) is 15.4. The Hall–Kier alpha value is -0.850. The highest BCUT2D eigenvalue weighted by Gasteiger charge is 2.02. The van der Waals surface area contributed by atoms with Crippen LogP contribution >= 0.6 is 12.4 Å². The number of carbonyl (C=O) groups is 2. The molecular formula is C11H24ClN3O3. The Balaban J connectivity index is 0. The van der Waals surface area contributed by atoms with E-state index in [-0.39, 0.29) is 37.3 Å². The zero-order valence-corrected chi connectivity index (χ0v) is 11.7. The third-order valence-electron chi connectivity index (χ3n) is 2.06. The molecule has 0 spiro atoms. The predicted molar refractivity (Wildman–Crippen MR) is 72.7 cm³/mol. The number of carbonyl (C=O) groups excluding carboxylic acids is 2. The van der Waals surface area contributed by atoms with Gasteiger partial charge in [0, 0.05) is 19.8 Å². The van der Waals surface area contributed by atoms with Crippen LogP contribution in [-0.2, 0) is 14.3 Å². The molecule has 2 amide bonds. The first kappa shape index (κ1) is 19.5. The largest absolute Gasteiger partial charge is 0.381 e. The van der Waals surface area contributed by atoms with Gasteiger partial charge in [-0.05, 0) is 12.8 Å². The zero-order chi connectivity index (χ0) is 12.9. The fourth-order valence-electron chi connectivity index (χ4n) is 1.06. The Morgan fingerprint density at radius 2 is 1.78 bits per heavy atom. The molecule has 0 aromatic rings. The van der Waals surface area contributed by atoms with Gasteiger partial charge in [0.1, 0.15) is 0 Å². The van der Waals surface area contributed by atoms with Gasteiger partial charge in [0.2, 0.25) is 11.8 Å². The molecule has 0 fully saturated rings. The molecule has 0 saturated heterocycles. The first-order valence-corrected chi connectivity index (χ1v) is 6.02. The summed E-state index contributed by atoms with van der Waals surface area (Å²) in [5.41, 5.74) is 5.08. The summed E-state index contributed by atoms with van der Waals surface area (Å²) in [6.45, 7) is 3.97. The molecule has 0 atom stereocenters. The summed E-state index contributed by atoms with van der Waals surface area (Å²) >= 11 is 0. The summed E-state index contributed by atoms with van der Waals surface area (Å²) in [5.74, 6) is -0.539. The van der Waals surface area contributed by atoms with Crippen LogP contribution in [0.4, 0.5) is 0 Å². The Labute approximate surface area is 114 Å². The monoisotopic (exact) mass is 281 g/mol. The predicted octanol–water partition coefficient (Wildman–Crippen LogP) is -0.194. The van der Waals surface area contributed by atoms with E-state index >= 15 is 0 Å². The topological polar surface area (TPSA) is 93.5 Å². The maximum atomic E-state index is 11.2. The lowest BCUT2D eigenvalue weighted by Gasteiger charge is -2.06. The molecule has 18 heavy (non-hydrogen) atoms. The van der Waals surface area contributed by atoms with Crippen LogP contribution in [0.3, 0.4) is 0 Å². The second-order valence-corrected chi connectivity index (χ2v) is 3.65. The van der Waals surface area contributed by atoms with Gasteiger partial charge in [-0.3, -0.25) is 9.59 Å². The molecule has 4 N–H and O–H groups in total. The van der Waals surface area contributed by atoms with Crippen molar-refractivity contribution in [2.45, 2.75) is 26.2 Å². The molecule has 0 aromatic carbocycles. The van der Waals surface area contributed by atoms with Gasteiger partial charge in [-0.15, -0.1) is 12.4 Å². The Bertz CT molecular complexity index is 228. The number of nitrogens with one attached hydrogen (secondary N) is 2. The minimum atomic E-state index is -0.331. The number of amides is 2. The van der Waals surface area contributed by atoms with Crippen LogP contribution in [0.25, 0.3) is 0 Å². The molecule has 0 saturated carbocycles. The summed E-state index contributed by atoms with van der Waals surface area (Å²) < 4.78 is 5.33. The highest BCUT2D eigenvalue weighted by atomic mass is 35.5. The van der Waals surface area contributed by atoms with Crippen molar-refractivity contribution in [3.63, 3.8) is 0 Å². The van der Waals surface area contributed by atoms with Gasteiger partial charge in [0.25, 0.3) is 0 Å². The van der Waals surface area contributed by atoms with Crippen molar-refractivity contribution in [1.82, 2.24) is 10.6 Å². The summed E-state index contributed by atoms with van der Waals surface area (Å²) in [6, 6.07) is 0.